The number of rotatable bonds is 5. The van der Waals surface area contributed by atoms with E-state index in [9.17, 15) is 13.6 Å². The van der Waals surface area contributed by atoms with Gasteiger partial charge in [-0.25, -0.2) is 13.8 Å². The molecular weight excluding hydrogens is 288 g/mol. The number of carbonyl (C=O) groups is 1. The molecule has 6 heteroatoms. The van der Waals surface area contributed by atoms with Crippen molar-refractivity contribution in [2.75, 3.05) is 17.2 Å². The second-order valence-electron chi connectivity index (χ2n) is 5.29. The van der Waals surface area contributed by atoms with Gasteiger partial charge in [0.05, 0.1) is 0 Å². The van der Waals surface area contributed by atoms with E-state index in [-0.39, 0.29) is 5.69 Å². The van der Waals surface area contributed by atoms with E-state index in [4.69, 9.17) is 0 Å². The van der Waals surface area contributed by atoms with Crippen LogP contribution in [0.3, 0.4) is 0 Å². The van der Waals surface area contributed by atoms with Crippen LogP contribution in [0.2, 0.25) is 0 Å². The summed E-state index contributed by atoms with van der Waals surface area (Å²) in [6.07, 6.45) is 1.52. The fourth-order valence-electron chi connectivity index (χ4n) is 1.75. The first-order valence-corrected chi connectivity index (χ1v) is 6.92. The molecule has 116 valence electrons. The molecule has 0 bridgehead atoms. The number of nitrogens with zero attached hydrogens (tertiary/aromatic N) is 1. The molecule has 0 aliphatic carbocycles. The van der Waals surface area contributed by atoms with Gasteiger partial charge in [-0.3, -0.25) is 4.79 Å². The van der Waals surface area contributed by atoms with E-state index in [1.165, 1.54) is 12.3 Å². The van der Waals surface area contributed by atoms with Crippen LogP contribution in [0.5, 0.6) is 0 Å². The van der Waals surface area contributed by atoms with Crippen molar-refractivity contribution in [3.05, 3.63) is 53.7 Å². The predicted molar refractivity (Wildman–Crippen MR) is 81.9 cm³/mol. The van der Waals surface area contributed by atoms with Crippen molar-refractivity contribution in [2.24, 2.45) is 5.92 Å². The summed E-state index contributed by atoms with van der Waals surface area (Å²) in [4.78, 5) is 16.2. The number of hydrogen-bond donors (Lipinski definition) is 2. The summed E-state index contributed by atoms with van der Waals surface area (Å²) < 4.78 is 26.0. The minimum atomic E-state index is -1.01. The number of halogens is 2. The molecular formula is C16H17F2N3O. The molecule has 0 atom stereocenters. The van der Waals surface area contributed by atoms with Gasteiger partial charge in [-0.15, -0.1) is 0 Å². The molecule has 1 aromatic carbocycles. The van der Waals surface area contributed by atoms with Crippen molar-refractivity contribution in [3.63, 3.8) is 0 Å². The third-order valence-electron chi connectivity index (χ3n) is 2.89. The van der Waals surface area contributed by atoms with E-state index < -0.39 is 17.5 Å². The summed E-state index contributed by atoms with van der Waals surface area (Å²) in [5, 5.41) is 5.64. The highest BCUT2D eigenvalue weighted by Crippen LogP contribution is 2.15. The van der Waals surface area contributed by atoms with Crippen LogP contribution in [-0.2, 0) is 0 Å². The van der Waals surface area contributed by atoms with E-state index in [1.54, 1.807) is 12.1 Å². The molecule has 4 nitrogen and oxygen atoms in total. The Kier molecular flexibility index (Phi) is 5.04. The monoisotopic (exact) mass is 305 g/mol. The number of benzene rings is 1. The lowest BCUT2D eigenvalue weighted by atomic mass is 10.2. The lowest BCUT2D eigenvalue weighted by molar-refractivity contribution is 0.102. The van der Waals surface area contributed by atoms with Crippen LogP contribution >= 0.6 is 0 Å². The van der Waals surface area contributed by atoms with Crippen LogP contribution in [0.1, 0.15) is 24.2 Å². The molecule has 0 unspecified atom stereocenters. The van der Waals surface area contributed by atoms with Gasteiger partial charge >= 0.3 is 0 Å². The molecule has 0 saturated carbocycles. The second kappa shape index (κ2) is 6.98. The third-order valence-corrected chi connectivity index (χ3v) is 2.89. The molecule has 0 aliphatic heterocycles. The summed E-state index contributed by atoms with van der Waals surface area (Å²) >= 11 is 0. The quantitative estimate of drug-likeness (QED) is 0.886. The van der Waals surface area contributed by atoms with Crippen molar-refractivity contribution < 1.29 is 13.6 Å². The number of amides is 1. The summed E-state index contributed by atoms with van der Waals surface area (Å²) in [6.45, 7) is 4.86. The van der Waals surface area contributed by atoms with Gasteiger partial charge in [-0.05, 0) is 30.2 Å². The zero-order valence-electron chi connectivity index (χ0n) is 12.4. The molecule has 0 spiro atoms. The maximum atomic E-state index is 13.1. The number of anilines is 2. The zero-order chi connectivity index (χ0) is 16.1. The first-order chi connectivity index (χ1) is 10.5. The standard InChI is InChI=1S/C16H17F2N3O/c1-10(2)9-20-15-7-11(5-6-19-15)16(22)21-12-3-4-13(17)14(18)8-12/h3-8,10H,9H2,1-2H3,(H,19,20)(H,21,22). The first kappa shape index (κ1) is 15.9. The van der Waals surface area contributed by atoms with E-state index in [2.05, 4.69) is 29.5 Å². The lowest BCUT2D eigenvalue weighted by Crippen LogP contribution is -2.14. The van der Waals surface area contributed by atoms with E-state index >= 15 is 0 Å². The molecule has 1 amide bonds. The third kappa shape index (κ3) is 4.25. The van der Waals surface area contributed by atoms with E-state index in [1.807, 2.05) is 0 Å². The minimum Gasteiger partial charge on any atom is -0.370 e. The Morgan fingerprint density at radius 2 is 1.95 bits per heavy atom. The maximum absolute atomic E-state index is 13.1. The Hall–Kier alpha value is -2.50. The average molecular weight is 305 g/mol. The van der Waals surface area contributed by atoms with Crippen LogP contribution in [0.4, 0.5) is 20.3 Å². The Morgan fingerprint density at radius 3 is 2.64 bits per heavy atom. The Balaban J connectivity index is 2.08. The number of carbonyl (C=O) groups excluding carboxylic acids is 1. The number of nitrogens with one attached hydrogen (secondary N) is 2. The van der Waals surface area contributed by atoms with Crippen LogP contribution in [0.15, 0.2) is 36.5 Å². The van der Waals surface area contributed by atoms with Gasteiger partial charge in [0.1, 0.15) is 5.82 Å². The highest BCUT2D eigenvalue weighted by molar-refractivity contribution is 6.04. The van der Waals surface area contributed by atoms with Crippen molar-refractivity contribution in [1.29, 1.82) is 0 Å². The zero-order valence-corrected chi connectivity index (χ0v) is 12.4. The van der Waals surface area contributed by atoms with E-state index in [0.29, 0.717) is 17.3 Å². The topological polar surface area (TPSA) is 54.0 Å². The molecule has 0 aliphatic rings. The molecule has 1 aromatic heterocycles. The second-order valence-corrected chi connectivity index (χ2v) is 5.29. The smallest absolute Gasteiger partial charge is 0.255 e. The molecule has 1 heterocycles. The van der Waals surface area contributed by atoms with Gasteiger partial charge in [-0.2, -0.15) is 0 Å². The maximum Gasteiger partial charge on any atom is 0.255 e. The fourth-order valence-corrected chi connectivity index (χ4v) is 1.75. The predicted octanol–water partition coefficient (Wildman–Crippen LogP) is 3.68. The van der Waals surface area contributed by atoms with Crippen molar-refractivity contribution in [2.45, 2.75) is 13.8 Å². The van der Waals surface area contributed by atoms with Gasteiger partial charge in [0.25, 0.3) is 5.91 Å². The van der Waals surface area contributed by atoms with Crippen molar-refractivity contribution >= 4 is 17.4 Å². The minimum absolute atomic E-state index is 0.192. The van der Waals surface area contributed by atoms with Crippen LogP contribution in [-0.4, -0.2) is 17.4 Å². The van der Waals surface area contributed by atoms with Crippen LogP contribution in [0.25, 0.3) is 0 Å². The molecule has 2 rings (SSSR count). The van der Waals surface area contributed by atoms with Crippen LogP contribution in [0, 0.1) is 17.6 Å². The highest BCUT2D eigenvalue weighted by atomic mass is 19.2. The van der Waals surface area contributed by atoms with Crippen molar-refractivity contribution in [1.82, 2.24) is 4.98 Å². The van der Waals surface area contributed by atoms with Crippen LogP contribution < -0.4 is 10.6 Å². The van der Waals surface area contributed by atoms with Gasteiger partial charge in [-0.1, -0.05) is 13.8 Å². The lowest BCUT2D eigenvalue weighted by Gasteiger charge is -2.10. The van der Waals surface area contributed by atoms with Gasteiger partial charge in [0.15, 0.2) is 11.6 Å². The summed E-state index contributed by atoms with van der Waals surface area (Å²) in [7, 11) is 0. The number of pyridine rings is 1. The largest absolute Gasteiger partial charge is 0.370 e. The highest BCUT2D eigenvalue weighted by Gasteiger charge is 2.09. The number of hydrogen-bond acceptors (Lipinski definition) is 3. The molecule has 2 N–H and O–H groups in total. The normalized spacial score (nSPS) is 10.6. The Labute approximate surface area is 127 Å². The summed E-state index contributed by atoms with van der Waals surface area (Å²) in [6, 6.07) is 6.36. The molecule has 22 heavy (non-hydrogen) atoms. The molecule has 0 fully saturated rings. The van der Waals surface area contributed by atoms with E-state index in [0.717, 1.165) is 18.7 Å². The SMILES string of the molecule is CC(C)CNc1cc(C(=O)Nc2ccc(F)c(F)c2)ccn1. The Bertz CT molecular complexity index is 674. The first-order valence-electron chi connectivity index (χ1n) is 6.92. The van der Waals surface area contributed by atoms with Crippen molar-refractivity contribution in [3.8, 4) is 0 Å². The molecule has 2 aromatic rings. The average Bonchev–Trinajstić information content (AvgIpc) is 2.49. The van der Waals surface area contributed by atoms with Gasteiger partial charge in [0.2, 0.25) is 0 Å². The Morgan fingerprint density at radius 1 is 1.18 bits per heavy atom. The molecule has 0 saturated heterocycles. The molecule has 0 radical (unpaired) electrons. The summed E-state index contributed by atoms with van der Waals surface area (Å²) in [5.41, 5.74) is 0.573. The van der Waals surface area contributed by atoms with Gasteiger partial charge in [0, 0.05) is 30.1 Å². The number of aromatic nitrogens is 1. The fraction of sp³-hybridized carbons (Fsp3) is 0.250. The van der Waals surface area contributed by atoms with Gasteiger partial charge < -0.3 is 10.6 Å². The summed E-state index contributed by atoms with van der Waals surface area (Å²) in [5.74, 6) is -1.34.